The number of hydrogen-bond donors (Lipinski definition) is 1. The van der Waals surface area contributed by atoms with E-state index >= 15 is 0 Å². The normalized spacial score (nSPS) is 26.0. The van der Waals surface area contributed by atoms with Gasteiger partial charge < -0.3 is 10.2 Å². The molecular weight excluding hydrogens is 176 g/mol. The molecule has 0 saturated carbocycles. The molecule has 1 fully saturated rings. The zero-order valence-electron chi connectivity index (χ0n) is 8.86. The van der Waals surface area contributed by atoms with Gasteiger partial charge in [-0.25, -0.2) is 0 Å². The van der Waals surface area contributed by atoms with Crippen LogP contribution in [0.25, 0.3) is 0 Å². The minimum absolute atomic E-state index is 0.0169. The van der Waals surface area contributed by atoms with E-state index in [-0.39, 0.29) is 5.60 Å². The summed E-state index contributed by atoms with van der Waals surface area (Å²) >= 11 is 0. The molecule has 78 valence electrons. The highest BCUT2D eigenvalue weighted by atomic mass is 16.5. The molecule has 3 heteroatoms. The summed E-state index contributed by atoms with van der Waals surface area (Å²) in [6.45, 7) is 5.15. The molecule has 1 aromatic heterocycles. The molecule has 1 atom stereocenters. The van der Waals surface area contributed by atoms with Crippen LogP contribution in [0.1, 0.15) is 26.7 Å². The van der Waals surface area contributed by atoms with E-state index in [1.54, 1.807) is 0 Å². The Labute approximate surface area is 85.0 Å². The van der Waals surface area contributed by atoms with E-state index in [9.17, 15) is 0 Å². The van der Waals surface area contributed by atoms with E-state index in [1.807, 2.05) is 29.2 Å². The Morgan fingerprint density at radius 2 is 2.07 bits per heavy atom. The van der Waals surface area contributed by atoms with Crippen molar-refractivity contribution in [3.63, 3.8) is 0 Å². The lowest BCUT2D eigenvalue weighted by atomic mass is 9.94. The minimum Gasteiger partial charge on any atom is -0.375 e. The Morgan fingerprint density at radius 3 is 2.71 bits per heavy atom. The molecular formula is C11H18N2O. The second kappa shape index (κ2) is 3.65. The summed E-state index contributed by atoms with van der Waals surface area (Å²) < 4.78 is 7.69. The molecule has 1 saturated heterocycles. The third-order valence-corrected chi connectivity index (χ3v) is 2.63. The lowest BCUT2D eigenvalue weighted by Gasteiger charge is -2.36. The maximum absolute atomic E-state index is 5.67. The van der Waals surface area contributed by atoms with Crippen LogP contribution in [0.15, 0.2) is 24.5 Å². The number of hydrogen-bond acceptors (Lipinski definition) is 2. The third-order valence-electron chi connectivity index (χ3n) is 2.63. The highest BCUT2D eigenvalue weighted by Gasteiger charge is 2.28. The van der Waals surface area contributed by atoms with E-state index in [0.29, 0.717) is 6.04 Å². The summed E-state index contributed by atoms with van der Waals surface area (Å²) in [7, 11) is 0. The first kappa shape index (κ1) is 9.59. The van der Waals surface area contributed by atoms with Gasteiger partial charge in [-0.15, -0.1) is 0 Å². The highest BCUT2D eigenvalue weighted by molar-refractivity contribution is 4.97. The van der Waals surface area contributed by atoms with Crippen LogP contribution in [0, 0.1) is 0 Å². The summed E-state index contributed by atoms with van der Waals surface area (Å²) in [5.74, 6) is 0. The van der Waals surface area contributed by atoms with Gasteiger partial charge in [0, 0.05) is 25.0 Å². The van der Waals surface area contributed by atoms with Gasteiger partial charge in [0.1, 0.15) is 0 Å². The van der Waals surface area contributed by atoms with Gasteiger partial charge in [0.05, 0.1) is 5.60 Å². The zero-order valence-corrected chi connectivity index (χ0v) is 8.86. The first-order valence-corrected chi connectivity index (χ1v) is 5.19. The third kappa shape index (κ3) is 2.29. The fraction of sp³-hybridized carbons (Fsp3) is 0.636. The molecule has 1 aliphatic rings. The zero-order chi connectivity index (χ0) is 10.0. The number of aromatic nitrogens is 1. The number of nitrogens with one attached hydrogen (secondary N) is 1. The van der Waals surface area contributed by atoms with E-state index in [4.69, 9.17) is 4.74 Å². The van der Waals surface area contributed by atoms with Crippen molar-refractivity contribution in [3.8, 4) is 0 Å². The predicted molar refractivity (Wildman–Crippen MR) is 56.8 cm³/mol. The van der Waals surface area contributed by atoms with Crippen molar-refractivity contribution >= 4 is 0 Å². The first-order valence-electron chi connectivity index (χ1n) is 5.19. The number of nitrogens with zero attached hydrogens (tertiary/aromatic N) is 1. The van der Waals surface area contributed by atoms with Crippen LogP contribution >= 0.6 is 0 Å². The van der Waals surface area contributed by atoms with Gasteiger partial charge in [0.2, 0.25) is 0 Å². The van der Waals surface area contributed by atoms with Gasteiger partial charge in [-0.1, -0.05) is 0 Å². The van der Waals surface area contributed by atoms with Gasteiger partial charge in [-0.05, 0) is 38.8 Å². The second-order valence-corrected chi connectivity index (χ2v) is 4.52. The predicted octanol–water partition coefficient (Wildman–Crippen LogP) is 1.99. The van der Waals surface area contributed by atoms with Crippen LogP contribution in [-0.4, -0.2) is 22.9 Å². The number of rotatable bonds is 2. The lowest BCUT2D eigenvalue weighted by Crippen LogP contribution is -2.42. The fourth-order valence-corrected chi connectivity index (χ4v) is 1.97. The molecule has 14 heavy (non-hydrogen) atoms. The lowest BCUT2D eigenvalue weighted by molar-refractivity contribution is -0.0566. The van der Waals surface area contributed by atoms with E-state index < -0.39 is 0 Å². The van der Waals surface area contributed by atoms with Crippen LogP contribution < -0.4 is 5.43 Å². The molecule has 0 spiro atoms. The summed E-state index contributed by atoms with van der Waals surface area (Å²) in [6.07, 6.45) is 6.21. The van der Waals surface area contributed by atoms with Gasteiger partial charge in [0.15, 0.2) is 0 Å². The Hall–Kier alpha value is -0.960. The molecule has 0 aromatic carbocycles. The van der Waals surface area contributed by atoms with Crippen LogP contribution in [0.4, 0.5) is 0 Å². The smallest absolute Gasteiger partial charge is 0.0646 e. The van der Waals surface area contributed by atoms with Gasteiger partial charge in [-0.3, -0.25) is 4.68 Å². The summed E-state index contributed by atoms with van der Waals surface area (Å²) in [6, 6.07) is 4.57. The van der Waals surface area contributed by atoms with E-state index in [0.717, 1.165) is 19.4 Å². The monoisotopic (exact) mass is 194 g/mol. The molecule has 1 N–H and O–H groups in total. The highest BCUT2D eigenvalue weighted by Crippen LogP contribution is 2.24. The van der Waals surface area contributed by atoms with Crippen LogP contribution in [0.2, 0.25) is 0 Å². The van der Waals surface area contributed by atoms with E-state index in [1.165, 1.54) is 0 Å². The Bertz CT molecular complexity index is 279. The van der Waals surface area contributed by atoms with Crippen molar-refractivity contribution in [2.24, 2.45) is 0 Å². The van der Waals surface area contributed by atoms with E-state index in [2.05, 4.69) is 19.3 Å². The molecule has 0 aliphatic carbocycles. The fourth-order valence-electron chi connectivity index (χ4n) is 1.97. The van der Waals surface area contributed by atoms with Crippen molar-refractivity contribution in [1.29, 1.82) is 0 Å². The molecule has 1 aliphatic heterocycles. The largest absolute Gasteiger partial charge is 0.375 e. The van der Waals surface area contributed by atoms with Crippen molar-refractivity contribution in [2.45, 2.75) is 38.3 Å². The van der Waals surface area contributed by atoms with Crippen molar-refractivity contribution < 1.29 is 4.74 Å². The van der Waals surface area contributed by atoms with Crippen LogP contribution in [0.5, 0.6) is 0 Å². The topological polar surface area (TPSA) is 26.2 Å². The summed E-state index contributed by atoms with van der Waals surface area (Å²) in [4.78, 5) is 0. The number of ether oxygens (including phenoxy) is 1. The van der Waals surface area contributed by atoms with Gasteiger partial charge >= 0.3 is 0 Å². The molecule has 0 amide bonds. The van der Waals surface area contributed by atoms with Gasteiger partial charge in [-0.2, -0.15) is 0 Å². The second-order valence-electron chi connectivity index (χ2n) is 4.52. The van der Waals surface area contributed by atoms with Crippen molar-refractivity contribution in [1.82, 2.24) is 4.68 Å². The minimum atomic E-state index is 0.0169. The molecule has 1 aromatic rings. The van der Waals surface area contributed by atoms with Crippen molar-refractivity contribution in [2.75, 3.05) is 12.0 Å². The molecule has 0 bridgehead atoms. The van der Waals surface area contributed by atoms with Crippen LogP contribution in [0.3, 0.4) is 0 Å². The molecule has 2 rings (SSSR count). The Balaban J connectivity index is 1.92. The average molecular weight is 194 g/mol. The SMILES string of the molecule is CC1(C)CC(Nn2cccc2)CCO1. The molecule has 2 heterocycles. The van der Waals surface area contributed by atoms with Gasteiger partial charge in [0.25, 0.3) is 0 Å². The summed E-state index contributed by atoms with van der Waals surface area (Å²) in [5, 5.41) is 0. The maximum atomic E-state index is 5.67. The average Bonchev–Trinajstić information content (AvgIpc) is 2.54. The Morgan fingerprint density at radius 1 is 1.36 bits per heavy atom. The van der Waals surface area contributed by atoms with Crippen LogP contribution in [-0.2, 0) is 4.74 Å². The Kier molecular flexibility index (Phi) is 2.50. The molecule has 1 unspecified atom stereocenters. The summed E-state index contributed by atoms with van der Waals surface area (Å²) in [5.41, 5.74) is 3.47. The quantitative estimate of drug-likeness (QED) is 0.779. The standard InChI is InChI=1S/C11H18N2O/c1-11(2)9-10(5-8-14-11)12-13-6-3-4-7-13/h3-4,6-7,10,12H,5,8-9H2,1-2H3. The maximum Gasteiger partial charge on any atom is 0.0646 e. The molecule has 0 radical (unpaired) electrons. The first-order chi connectivity index (χ1) is 6.66. The molecule has 3 nitrogen and oxygen atoms in total. The van der Waals surface area contributed by atoms with Crippen molar-refractivity contribution in [3.05, 3.63) is 24.5 Å².